The normalized spacial score (nSPS) is 18.7. The van der Waals surface area contributed by atoms with Crippen molar-refractivity contribution in [1.82, 2.24) is 13.9 Å². The molecule has 10 heteroatoms. The molecule has 2 fully saturated rings. The Morgan fingerprint density at radius 1 is 1.15 bits per heavy atom. The van der Waals surface area contributed by atoms with Gasteiger partial charge in [-0.1, -0.05) is 19.3 Å². The number of nitrogens with one attached hydrogen (secondary N) is 1. The zero-order valence-electron chi connectivity index (χ0n) is 20.1. The van der Waals surface area contributed by atoms with Crippen molar-refractivity contribution < 1.29 is 17.6 Å². The van der Waals surface area contributed by atoms with Gasteiger partial charge in [-0.05, 0) is 50.8 Å². The first-order valence-corrected chi connectivity index (χ1v) is 13.4. The van der Waals surface area contributed by atoms with E-state index >= 15 is 0 Å². The lowest BCUT2D eigenvalue weighted by Gasteiger charge is -2.33. The average Bonchev–Trinajstić information content (AvgIpc) is 3.18. The average molecular weight is 492 g/mol. The molecule has 0 radical (unpaired) electrons. The summed E-state index contributed by atoms with van der Waals surface area (Å²) >= 11 is 0. The summed E-state index contributed by atoms with van der Waals surface area (Å²) in [7, 11) is -0.00168. The predicted molar refractivity (Wildman–Crippen MR) is 130 cm³/mol. The molecule has 34 heavy (non-hydrogen) atoms. The van der Waals surface area contributed by atoms with Crippen molar-refractivity contribution in [2.75, 3.05) is 30.4 Å². The third-order valence-electron chi connectivity index (χ3n) is 7.23. The first kappa shape index (κ1) is 24.7. The molecule has 1 N–H and O–H groups in total. The minimum absolute atomic E-state index is 0.0316. The summed E-state index contributed by atoms with van der Waals surface area (Å²) < 4.78 is 43.6. The van der Waals surface area contributed by atoms with Crippen LogP contribution in [0.25, 0.3) is 0 Å². The summed E-state index contributed by atoms with van der Waals surface area (Å²) in [6.45, 7) is 2.24. The van der Waals surface area contributed by atoms with Gasteiger partial charge in [0.2, 0.25) is 5.91 Å². The largest absolute Gasteiger partial charge is 0.369 e. The number of sulfonamides is 1. The maximum atomic E-state index is 14.8. The lowest BCUT2D eigenvalue weighted by atomic mass is 9.94. The van der Waals surface area contributed by atoms with E-state index in [1.165, 1.54) is 35.8 Å². The highest BCUT2D eigenvalue weighted by Gasteiger charge is 2.33. The molecule has 8 nitrogen and oxygen atoms in total. The highest BCUT2D eigenvalue weighted by atomic mass is 32.2. The van der Waals surface area contributed by atoms with Crippen LogP contribution in [0.15, 0.2) is 29.4 Å². The summed E-state index contributed by atoms with van der Waals surface area (Å²) in [5.74, 6) is -0.267. The van der Waals surface area contributed by atoms with E-state index < -0.39 is 10.0 Å². The standard InChI is InChI=1S/C24H34FN5O3S/c1-17-26-23(16-28(17)2)34(32,33)30-13-11-18(12-14-30)24(31)27-19-9-10-22(21(25)15-19)29(3)20-7-5-4-6-8-20/h9-10,15-16,18,20H,4-8,11-14H2,1-3H3,(H,27,31). The Morgan fingerprint density at radius 3 is 2.41 bits per heavy atom. The third-order valence-corrected chi connectivity index (χ3v) is 9.00. The quantitative estimate of drug-likeness (QED) is 0.666. The van der Waals surface area contributed by atoms with Crippen LogP contribution in [0.1, 0.15) is 50.8 Å². The van der Waals surface area contributed by atoms with Crippen LogP contribution in [0.5, 0.6) is 0 Å². The number of rotatable bonds is 6. The van der Waals surface area contributed by atoms with E-state index in [2.05, 4.69) is 10.3 Å². The number of amides is 1. The topological polar surface area (TPSA) is 87.5 Å². The molecule has 0 atom stereocenters. The van der Waals surface area contributed by atoms with Crippen LogP contribution in [0.3, 0.4) is 0 Å². The highest BCUT2D eigenvalue weighted by Crippen LogP contribution is 2.30. The Hall–Kier alpha value is -2.46. The second kappa shape index (κ2) is 10.0. The molecule has 186 valence electrons. The van der Waals surface area contributed by atoms with Gasteiger partial charge < -0.3 is 14.8 Å². The number of piperidine rings is 1. The number of aryl methyl sites for hydroxylation is 2. The molecule has 1 amide bonds. The fourth-order valence-corrected chi connectivity index (χ4v) is 6.42. The molecule has 0 unspecified atom stereocenters. The van der Waals surface area contributed by atoms with Gasteiger partial charge in [0.1, 0.15) is 11.6 Å². The summed E-state index contributed by atoms with van der Waals surface area (Å²) in [6, 6.07) is 5.18. The molecule has 1 aliphatic carbocycles. The molecular formula is C24H34FN5O3S. The predicted octanol–water partition coefficient (Wildman–Crippen LogP) is 3.68. The van der Waals surface area contributed by atoms with Gasteiger partial charge in [-0.2, -0.15) is 4.31 Å². The van der Waals surface area contributed by atoms with Gasteiger partial charge in [0.25, 0.3) is 10.0 Å². The summed E-state index contributed by atoms with van der Waals surface area (Å²) in [5, 5.41) is 2.84. The number of carbonyl (C=O) groups is 1. The molecule has 0 spiro atoms. The molecule has 2 aromatic rings. The van der Waals surface area contributed by atoms with E-state index in [0.717, 1.165) is 12.8 Å². The van der Waals surface area contributed by atoms with E-state index in [4.69, 9.17) is 0 Å². The van der Waals surface area contributed by atoms with Gasteiger partial charge in [-0.15, -0.1) is 0 Å². The van der Waals surface area contributed by atoms with Crippen LogP contribution < -0.4 is 10.2 Å². The molecule has 1 aromatic heterocycles. The fourth-order valence-electron chi connectivity index (χ4n) is 4.92. The number of carbonyl (C=O) groups excluding carboxylic acids is 1. The Bertz CT molecular complexity index is 1120. The molecule has 2 aliphatic rings. The van der Waals surface area contributed by atoms with Crippen LogP contribution in [-0.4, -0.2) is 54.4 Å². The first-order valence-electron chi connectivity index (χ1n) is 12.0. The number of hydrogen-bond acceptors (Lipinski definition) is 5. The van der Waals surface area contributed by atoms with E-state index in [1.807, 2.05) is 11.9 Å². The Morgan fingerprint density at radius 2 is 1.82 bits per heavy atom. The molecular weight excluding hydrogens is 457 g/mol. The highest BCUT2D eigenvalue weighted by molar-refractivity contribution is 7.89. The van der Waals surface area contributed by atoms with Crippen LogP contribution >= 0.6 is 0 Å². The number of hydrogen-bond donors (Lipinski definition) is 1. The van der Waals surface area contributed by atoms with Gasteiger partial charge >= 0.3 is 0 Å². The van der Waals surface area contributed by atoms with Gasteiger partial charge in [-0.3, -0.25) is 4.79 Å². The van der Waals surface area contributed by atoms with Crippen molar-refractivity contribution in [2.45, 2.75) is 62.9 Å². The van der Waals surface area contributed by atoms with Gasteiger partial charge in [0.05, 0.1) is 5.69 Å². The minimum atomic E-state index is -3.68. The molecule has 2 heterocycles. The Labute approximate surface area is 201 Å². The molecule has 1 saturated carbocycles. The first-order chi connectivity index (χ1) is 16.2. The lowest BCUT2D eigenvalue weighted by molar-refractivity contribution is -0.120. The molecule has 1 aliphatic heterocycles. The van der Waals surface area contributed by atoms with Crippen LogP contribution in [-0.2, 0) is 21.9 Å². The van der Waals surface area contributed by atoms with Gasteiger partial charge in [0.15, 0.2) is 5.03 Å². The summed E-state index contributed by atoms with van der Waals surface area (Å²) in [5.41, 5.74) is 0.968. The second-order valence-electron chi connectivity index (χ2n) is 9.47. The second-order valence-corrected chi connectivity index (χ2v) is 11.4. The molecule has 0 bridgehead atoms. The Balaban J connectivity index is 1.34. The van der Waals surface area contributed by atoms with Crippen molar-refractivity contribution in [3.05, 3.63) is 36.0 Å². The van der Waals surface area contributed by atoms with Gasteiger partial charge in [0, 0.05) is 51.0 Å². The van der Waals surface area contributed by atoms with Crippen LogP contribution in [0, 0.1) is 18.7 Å². The maximum absolute atomic E-state index is 14.8. The Kier molecular flexibility index (Phi) is 7.28. The SMILES string of the molecule is Cc1nc(S(=O)(=O)N2CCC(C(=O)Nc3ccc(N(C)C4CCCCC4)c(F)c3)CC2)cn1C. The number of halogens is 1. The number of anilines is 2. The summed E-state index contributed by atoms with van der Waals surface area (Å²) in [6.07, 6.45) is 8.05. The third kappa shape index (κ3) is 5.12. The van der Waals surface area contributed by atoms with E-state index in [-0.39, 0.29) is 35.8 Å². The molecule has 4 rings (SSSR count). The monoisotopic (exact) mass is 491 g/mol. The van der Waals surface area contributed by atoms with Crippen molar-refractivity contribution in [1.29, 1.82) is 0 Å². The van der Waals surface area contributed by atoms with E-state index in [0.29, 0.717) is 36.1 Å². The van der Waals surface area contributed by atoms with Crippen molar-refractivity contribution in [3.63, 3.8) is 0 Å². The van der Waals surface area contributed by atoms with Crippen molar-refractivity contribution >= 4 is 27.3 Å². The number of benzene rings is 1. The summed E-state index contributed by atoms with van der Waals surface area (Å²) in [4.78, 5) is 18.9. The zero-order chi connectivity index (χ0) is 24.5. The maximum Gasteiger partial charge on any atom is 0.262 e. The van der Waals surface area contributed by atoms with Crippen molar-refractivity contribution in [3.8, 4) is 0 Å². The molecule has 1 aromatic carbocycles. The molecule has 1 saturated heterocycles. The van der Waals surface area contributed by atoms with Crippen LogP contribution in [0.4, 0.5) is 15.8 Å². The van der Waals surface area contributed by atoms with Crippen LogP contribution in [0.2, 0.25) is 0 Å². The van der Waals surface area contributed by atoms with Gasteiger partial charge in [-0.25, -0.2) is 17.8 Å². The van der Waals surface area contributed by atoms with E-state index in [9.17, 15) is 17.6 Å². The zero-order valence-corrected chi connectivity index (χ0v) is 20.9. The number of nitrogens with zero attached hydrogens (tertiary/aromatic N) is 4. The lowest BCUT2D eigenvalue weighted by Crippen LogP contribution is -2.41. The number of aromatic nitrogens is 2. The minimum Gasteiger partial charge on any atom is -0.369 e. The van der Waals surface area contributed by atoms with Crippen molar-refractivity contribution in [2.24, 2.45) is 13.0 Å². The van der Waals surface area contributed by atoms with E-state index in [1.54, 1.807) is 30.7 Å². The smallest absolute Gasteiger partial charge is 0.262 e. The number of imidazole rings is 1. The fraction of sp³-hybridized carbons (Fsp3) is 0.583.